The van der Waals surface area contributed by atoms with E-state index < -0.39 is 6.04 Å². The molecular weight excluding hydrogens is 206 g/mol. The summed E-state index contributed by atoms with van der Waals surface area (Å²) in [7, 11) is 1.91. The maximum atomic E-state index is 11.0. The zero-order valence-corrected chi connectivity index (χ0v) is 9.46. The van der Waals surface area contributed by atoms with Crippen LogP contribution in [-0.4, -0.2) is 41.0 Å². The van der Waals surface area contributed by atoms with Crippen LogP contribution in [0.5, 0.6) is 0 Å². The predicted molar refractivity (Wildman–Crippen MR) is 60.0 cm³/mol. The maximum absolute atomic E-state index is 11.0. The molecule has 0 saturated carbocycles. The van der Waals surface area contributed by atoms with Gasteiger partial charge in [-0.3, -0.25) is 20.0 Å². The van der Waals surface area contributed by atoms with Crippen molar-refractivity contribution in [1.29, 1.82) is 0 Å². The number of nitro groups is 1. The Hall–Kier alpha value is -1.49. The van der Waals surface area contributed by atoms with Crippen LogP contribution in [0.25, 0.3) is 0 Å². The molecule has 0 spiro atoms. The summed E-state index contributed by atoms with van der Waals surface area (Å²) < 4.78 is 0. The molecule has 0 bridgehead atoms. The molecule has 1 saturated heterocycles. The van der Waals surface area contributed by atoms with Crippen molar-refractivity contribution in [2.24, 2.45) is 0 Å². The first-order valence-corrected chi connectivity index (χ1v) is 5.32. The number of aryl methyl sites for hydroxylation is 1. The number of nitrogens with zero attached hydrogens (tertiary/aromatic N) is 3. The fourth-order valence-electron chi connectivity index (χ4n) is 2.22. The minimum atomic E-state index is -0.505. The zero-order chi connectivity index (χ0) is 11.7. The van der Waals surface area contributed by atoms with Crippen LogP contribution in [0.1, 0.15) is 17.2 Å². The van der Waals surface area contributed by atoms with E-state index in [1.165, 1.54) is 0 Å². The Morgan fingerprint density at radius 1 is 1.50 bits per heavy atom. The molecule has 1 aliphatic rings. The Morgan fingerprint density at radius 2 is 2.25 bits per heavy atom. The normalized spacial score (nSPS) is 25.9. The van der Waals surface area contributed by atoms with E-state index >= 15 is 0 Å². The summed E-state index contributed by atoms with van der Waals surface area (Å²) in [5, 5.41) is 11.0. The van der Waals surface area contributed by atoms with Crippen molar-refractivity contribution < 1.29 is 4.92 Å². The molecule has 5 nitrogen and oxygen atoms in total. The number of pyridine rings is 1. The van der Waals surface area contributed by atoms with Crippen molar-refractivity contribution in [2.45, 2.75) is 18.9 Å². The molecular formula is C11H15N3O2. The average molecular weight is 221 g/mol. The fourth-order valence-corrected chi connectivity index (χ4v) is 2.22. The summed E-state index contributed by atoms with van der Waals surface area (Å²) in [4.78, 5) is 17.0. The summed E-state index contributed by atoms with van der Waals surface area (Å²) in [6, 6.07) is 3.35. The summed E-state index contributed by atoms with van der Waals surface area (Å²) >= 11 is 0. The van der Waals surface area contributed by atoms with Crippen molar-refractivity contribution in [3.05, 3.63) is 39.7 Å². The number of likely N-dealkylation sites (tertiary alicyclic amines) is 1. The second kappa shape index (κ2) is 4.17. The number of likely N-dealkylation sites (N-methyl/N-ethyl adjacent to an activating group) is 1. The molecule has 2 rings (SSSR count). The van der Waals surface area contributed by atoms with E-state index in [9.17, 15) is 10.1 Å². The third-order valence-electron chi connectivity index (χ3n) is 3.10. The molecule has 0 amide bonds. The second-order valence-corrected chi connectivity index (χ2v) is 4.41. The van der Waals surface area contributed by atoms with Gasteiger partial charge in [-0.2, -0.15) is 0 Å². The molecule has 0 unspecified atom stereocenters. The third-order valence-corrected chi connectivity index (χ3v) is 3.10. The van der Waals surface area contributed by atoms with E-state index in [0.717, 1.165) is 17.8 Å². The van der Waals surface area contributed by atoms with Gasteiger partial charge in [0.1, 0.15) is 0 Å². The Balaban J connectivity index is 2.25. The van der Waals surface area contributed by atoms with Gasteiger partial charge in [-0.1, -0.05) is 6.07 Å². The predicted octanol–water partition coefficient (Wildman–Crippen LogP) is 1.06. The lowest BCUT2D eigenvalue weighted by Crippen LogP contribution is -2.27. The quantitative estimate of drug-likeness (QED) is 0.553. The van der Waals surface area contributed by atoms with Gasteiger partial charge >= 0.3 is 0 Å². The maximum Gasteiger partial charge on any atom is 0.233 e. The molecule has 1 fully saturated rings. The SMILES string of the molecule is Cc1ccc([C@@H]2CN(C)C[C@H]2[N+](=O)[O-])cn1. The molecule has 0 aliphatic carbocycles. The van der Waals surface area contributed by atoms with Crippen LogP contribution in [-0.2, 0) is 0 Å². The molecule has 1 aromatic rings. The third kappa shape index (κ3) is 2.04. The number of rotatable bonds is 2. The highest BCUT2D eigenvalue weighted by atomic mass is 16.6. The summed E-state index contributed by atoms with van der Waals surface area (Å²) in [5.74, 6) is -0.0342. The fraction of sp³-hybridized carbons (Fsp3) is 0.545. The lowest BCUT2D eigenvalue weighted by atomic mass is 9.96. The molecule has 2 heterocycles. The first-order chi connectivity index (χ1) is 7.58. The molecule has 0 N–H and O–H groups in total. The highest BCUT2D eigenvalue weighted by Gasteiger charge is 2.40. The van der Waals surface area contributed by atoms with Crippen LogP contribution in [0.4, 0.5) is 0 Å². The number of aromatic nitrogens is 1. The van der Waals surface area contributed by atoms with Crippen LogP contribution in [0.15, 0.2) is 18.3 Å². The zero-order valence-electron chi connectivity index (χ0n) is 9.46. The van der Waals surface area contributed by atoms with Gasteiger partial charge in [0.05, 0.1) is 12.5 Å². The summed E-state index contributed by atoms with van der Waals surface area (Å²) in [5.41, 5.74) is 1.91. The standard InChI is InChI=1S/C11H15N3O2/c1-8-3-4-9(5-12-8)10-6-13(2)7-11(10)14(15)16/h3-5,10-11H,6-7H2,1-2H3/t10-,11+/m0/s1. The van der Waals surface area contributed by atoms with Gasteiger partial charge in [0, 0.05) is 23.4 Å². The first kappa shape index (κ1) is 11.0. The molecule has 0 aromatic carbocycles. The minimum absolute atomic E-state index is 0.0342. The smallest absolute Gasteiger partial charge is 0.233 e. The average Bonchev–Trinajstić information content (AvgIpc) is 2.61. The van der Waals surface area contributed by atoms with E-state index in [4.69, 9.17) is 0 Å². The van der Waals surface area contributed by atoms with Gasteiger partial charge in [-0.25, -0.2) is 0 Å². The van der Waals surface area contributed by atoms with Gasteiger partial charge in [-0.05, 0) is 25.6 Å². The van der Waals surface area contributed by atoms with Crippen molar-refractivity contribution >= 4 is 0 Å². The molecule has 1 aromatic heterocycles. The van der Waals surface area contributed by atoms with Gasteiger partial charge in [0.2, 0.25) is 6.04 Å². The van der Waals surface area contributed by atoms with Crippen molar-refractivity contribution in [3.63, 3.8) is 0 Å². The molecule has 86 valence electrons. The lowest BCUT2D eigenvalue weighted by Gasteiger charge is -2.11. The Bertz CT molecular complexity index is 391. The Kier molecular flexibility index (Phi) is 2.87. The first-order valence-electron chi connectivity index (χ1n) is 5.32. The highest BCUT2D eigenvalue weighted by Crippen LogP contribution is 2.28. The lowest BCUT2D eigenvalue weighted by molar-refractivity contribution is -0.521. The number of hydrogen-bond donors (Lipinski definition) is 0. The van der Waals surface area contributed by atoms with Crippen LogP contribution < -0.4 is 0 Å². The molecule has 0 radical (unpaired) electrons. The van der Waals surface area contributed by atoms with Gasteiger partial charge in [-0.15, -0.1) is 0 Å². The monoisotopic (exact) mass is 221 g/mol. The van der Waals surface area contributed by atoms with E-state index in [-0.39, 0.29) is 10.8 Å². The molecule has 1 aliphatic heterocycles. The molecule has 5 heteroatoms. The topological polar surface area (TPSA) is 59.3 Å². The van der Waals surface area contributed by atoms with E-state index in [2.05, 4.69) is 4.98 Å². The van der Waals surface area contributed by atoms with Crippen LogP contribution in [0, 0.1) is 17.0 Å². The second-order valence-electron chi connectivity index (χ2n) is 4.41. The van der Waals surface area contributed by atoms with E-state index in [0.29, 0.717) is 6.54 Å². The number of hydrogen-bond acceptors (Lipinski definition) is 4. The van der Waals surface area contributed by atoms with E-state index in [1.807, 2.05) is 31.0 Å². The Morgan fingerprint density at radius 3 is 2.81 bits per heavy atom. The van der Waals surface area contributed by atoms with Gasteiger partial charge in [0.15, 0.2) is 0 Å². The largest absolute Gasteiger partial charge is 0.299 e. The molecule has 2 atom stereocenters. The van der Waals surface area contributed by atoms with Gasteiger partial charge in [0.25, 0.3) is 0 Å². The van der Waals surface area contributed by atoms with E-state index in [1.54, 1.807) is 6.20 Å². The van der Waals surface area contributed by atoms with Gasteiger partial charge < -0.3 is 0 Å². The minimum Gasteiger partial charge on any atom is -0.299 e. The van der Waals surface area contributed by atoms with Crippen molar-refractivity contribution in [2.75, 3.05) is 20.1 Å². The van der Waals surface area contributed by atoms with Crippen LogP contribution in [0.3, 0.4) is 0 Å². The molecule has 16 heavy (non-hydrogen) atoms. The van der Waals surface area contributed by atoms with Crippen molar-refractivity contribution in [3.8, 4) is 0 Å². The summed E-state index contributed by atoms with van der Waals surface area (Å²) in [6.45, 7) is 3.16. The van der Waals surface area contributed by atoms with Crippen molar-refractivity contribution in [1.82, 2.24) is 9.88 Å². The highest BCUT2D eigenvalue weighted by molar-refractivity contribution is 5.21. The van der Waals surface area contributed by atoms with Crippen LogP contribution >= 0.6 is 0 Å². The van der Waals surface area contributed by atoms with Crippen LogP contribution in [0.2, 0.25) is 0 Å². The Labute approximate surface area is 94.2 Å². The summed E-state index contributed by atoms with van der Waals surface area (Å²) in [6.07, 6.45) is 1.76.